The Morgan fingerprint density at radius 3 is 2.62 bits per heavy atom. The van der Waals surface area contributed by atoms with Crippen LogP contribution < -0.4 is 5.32 Å². The van der Waals surface area contributed by atoms with Crippen LogP contribution in [0.2, 0.25) is 0 Å². The maximum Gasteiger partial charge on any atom is 0.271 e. The predicted octanol–water partition coefficient (Wildman–Crippen LogP) is 2.71. The number of hydrogen-bond donors (Lipinski definition) is 2. The van der Waals surface area contributed by atoms with E-state index in [0.29, 0.717) is 17.3 Å². The number of aromatic nitrogens is 2. The molecule has 1 aromatic heterocycles. The highest BCUT2D eigenvalue weighted by molar-refractivity contribution is 5.93. The summed E-state index contributed by atoms with van der Waals surface area (Å²) in [6, 6.07) is 7.82. The molecular weight excluding hydrogens is 331 g/mol. The van der Waals surface area contributed by atoms with E-state index in [-0.39, 0.29) is 24.1 Å². The van der Waals surface area contributed by atoms with Gasteiger partial charge in [0.2, 0.25) is 0 Å². The van der Waals surface area contributed by atoms with Crippen LogP contribution in [-0.4, -0.2) is 47.7 Å². The SMILES string of the molecule is CNCC1CCN(C(=O)c2cc(-c3ccc(F)cc3)n[nH]2)CC1.Cl. The summed E-state index contributed by atoms with van der Waals surface area (Å²) in [6.07, 6.45) is 2.04. The Balaban J connectivity index is 0.00000208. The zero-order valence-electron chi connectivity index (χ0n) is 13.6. The number of carbonyl (C=O) groups excluding carboxylic acids is 1. The van der Waals surface area contributed by atoms with E-state index in [1.54, 1.807) is 18.2 Å². The largest absolute Gasteiger partial charge is 0.337 e. The third kappa shape index (κ3) is 4.13. The van der Waals surface area contributed by atoms with E-state index < -0.39 is 0 Å². The zero-order valence-corrected chi connectivity index (χ0v) is 14.4. The van der Waals surface area contributed by atoms with Crippen LogP contribution >= 0.6 is 12.4 Å². The normalized spacial score (nSPS) is 15.2. The second-order valence-electron chi connectivity index (χ2n) is 5.97. The maximum atomic E-state index is 13.0. The number of nitrogens with one attached hydrogen (secondary N) is 2. The van der Waals surface area contributed by atoms with Crippen molar-refractivity contribution in [1.82, 2.24) is 20.4 Å². The second-order valence-corrected chi connectivity index (χ2v) is 5.97. The van der Waals surface area contributed by atoms with Gasteiger partial charge in [-0.2, -0.15) is 5.10 Å². The lowest BCUT2D eigenvalue weighted by atomic mass is 9.96. The summed E-state index contributed by atoms with van der Waals surface area (Å²) >= 11 is 0. The molecule has 1 saturated heterocycles. The van der Waals surface area contributed by atoms with E-state index in [9.17, 15) is 9.18 Å². The summed E-state index contributed by atoms with van der Waals surface area (Å²) in [5, 5.41) is 10.2. The lowest BCUT2D eigenvalue weighted by Gasteiger charge is -2.31. The Morgan fingerprint density at radius 2 is 2.00 bits per heavy atom. The number of halogens is 2. The minimum Gasteiger partial charge on any atom is -0.337 e. The molecule has 0 bridgehead atoms. The number of carbonyl (C=O) groups is 1. The summed E-state index contributed by atoms with van der Waals surface area (Å²) in [7, 11) is 1.96. The molecule has 24 heavy (non-hydrogen) atoms. The highest BCUT2D eigenvalue weighted by Gasteiger charge is 2.24. The fourth-order valence-corrected chi connectivity index (χ4v) is 3.00. The van der Waals surface area contributed by atoms with Gasteiger partial charge in [0.1, 0.15) is 11.5 Å². The molecule has 0 saturated carbocycles. The molecule has 1 aliphatic rings. The van der Waals surface area contributed by atoms with Gasteiger partial charge in [-0.1, -0.05) is 0 Å². The van der Waals surface area contributed by atoms with Crippen molar-refractivity contribution in [2.24, 2.45) is 5.92 Å². The first-order chi connectivity index (χ1) is 11.2. The van der Waals surface area contributed by atoms with Crippen molar-refractivity contribution in [3.8, 4) is 11.3 Å². The summed E-state index contributed by atoms with van der Waals surface area (Å²) in [5.41, 5.74) is 1.92. The smallest absolute Gasteiger partial charge is 0.271 e. The monoisotopic (exact) mass is 352 g/mol. The van der Waals surface area contributed by atoms with Gasteiger partial charge < -0.3 is 10.2 Å². The fourth-order valence-electron chi connectivity index (χ4n) is 3.00. The van der Waals surface area contributed by atoms with Crippen LogP contribution in [-0.2, 0) is 0 Å². The van der Waals surface area contributed by atoms with Crippen molar-refractivity contribution >= 4 is 18.3 Å². The average molecular weight is 353 g/mol. The number of likely N-dealkylation sites (tertiary alicyclic amines) is 1. The van der Waals surface area contributed by atoms with Crippen LogP contribution in [0.1, 0.15) is 23.3 Å². The topological polar surface area (TPSA) is 61.0 Å². The molecule has 3 rings (SSSR count). The minimum atomic E-state index is -0.287. The average Bonchev–Trinajstić information content (AvgIpc) is 3.06. The third-order valence-electron chi connectivity index (χ3n) is 4.34. The summed E-state index contributed by atoms with van der Waals surface area (Å²) in [5.74, 6) is 0.333. The van der Waals surface area contributed by atoms with Gasteiger partial charge in [-0.15, -0.1) is 12.4 Å². The van der Waals surface area contributed by atoms with Gasteiger partial charge in [-0.3, -0.25) is 9.89 Å². The molecule has 2 heterocycles. The number of piperidine rings is 1. The highest BCUT2D eigenvalue weighted by atomic mass is 35.5. The van der Waals surface area contributed by atoms with Crippen LogP contribution in [0.3, 0.4) is 0 Å². The van der Waals surface area contributed by atoms with E-state index in [1.807, 2.05) is 11.9 Å². The third-order valence-corrected chi connectivity index (χ3v) is 4.34. The molecule has 2 aromatic rings. The number of nitrogens with zero attached hydrogens (tertiary/aromatic N) is 2. The first-order valence-corrected chi connectivity index (χ1v) is 7.92. The van der Waals surface area contributed by atoms with Crippen LogP contribution in [0.15, 0.2) is 30.3 Å². The standard InChI is InChI=1S/C17H21FN4O.ClH/c1-19-11-12-6-8-22(9-7-12)17(23)16-10-15(20-21-16)13-2-4-14(18)5-3-13;/h2-5,10,12,19H,6-9,11H2,1H3,(H,20,21);1H. The quantitative estimate of drug-likeness (QED) is 0.889. The van der Waals surface area contributed by atoms with E-state index >= 15 is 0 Å². The molecule has 1 aliphatic heterocycles. The Bertz CT molecular complexity index is 665. The zero-order chi connectivity index (χ0) is 16.2. The van der Waals surface area contributed by atoms with Crippen LogP contribution in [0.4, 0.5) is 4.39 Å². The fraction of sp³-hybridized carbons (Fsp3) is 0.412. The molecule has 130 valence electrons. The van der Waals surface area contributed by atoms with Gasteiger partial charge in [0, 0.05) is 18.7 Å². The number of aromatic amines is 1. The maximum absolute atomic E-state index is 13.0. The highest BCUT2D eigenvalue weighted by Crippen LogP contribution is 2.21. The van der Waals surface area contributed by atoms with Crippen molar-refractivity contribution in [3.63, 3.8) is 0 Å². The lowest BCUT2D eigenvalue weighted by Crippen LogP contribution is -2.40. The molecule has 0 unspecified atom stereocenters. The van der Waals surface area contributed by atoms with Gasteiger partial charge in [0.15, 0.2) is 0 Å². The van der Waals surface area contributed by atoms with E-state index in [2.05, 4.69) is 15.5 Å². The van der Waals surface area contributed by atoms with Crippen molar-refractivity contribution in [2.45, 2.75) is 12.8 Å². The van der Waals surface area contributed by atoms with Gasteiger partial charge in [0.25, 0.3) is 5.91 Å². The number of benzene rings is 1. The molecule has 0 atom stereocenters. The minimum absolute atomic E-state index is 0. The van der Waals surface area contributed by atoms with Gasteiger partial charge in [-0.25, -0.2) is 4.39 Å². The number of hydrogen-bond acceptors (Lipinski definition) is 3. The lowest BCUT2D eigenvalue weighted by molar-refractivity contribution is 0.0685. The van der Waals surface area contributed by atoms with E-state index in [0.717, 1.165) is 38.0 Å². The molecule has 0 aliphatic carbocycles. The number of H-pyrrole nitrogens is 1. The molecule has 1 fully saturated rings. The van der Waals surface area contributed by atoms with Crippen molar-refractivity contribution < 1.29 is 9.18 Å². The van der Waals surface area contributed by atoms with E-state index in [4.69, 9.17) is 0 Å². The Kier molecular flexibility index (Phi) is 6.34. The molecule has 0 radical (unpaired) electrons. The summed E-state index contributed by atoms with van der Waals surface area (Å²) in [4.78, 5) is 14.4. The van der Waals surface area contributed by atoms with E-state index in [1.165, 1.54) is 12.1 Å². The first kappa shape index (κ1) is 18.4. The Hall–Kier alpha value is -1.92. The first-order valence-electron chi connectivity index (χ1n) is 7.92. The molecular formula is C17H22ClFN4O. The number of rotatable bonds is 4. The second kappa shape index (κ2) is 8.26. The van der Waals surface area contributed by atoms with Gasteiger partial charge in [0.05, 0.1) is 5.69 Å². The molecule has 0 spiro atoms. The van der Waals surface area contributed by atoms with Crippen molar-refractivity contribution in [2.75, 3.05) is 26.7 Å². The predicted molar refractivity (Wildman–Crippen MR) is 93.8 cm³/mol. The molecule has 2 N–H and O–H groups in total. The molecule has 1 amide bonds. The van der Waals surface area contributed by atoms with Gasteiger partial charge >= 0.3 is 0 Å². The summed E-state index contributed by atoms with van der Waals surface area (Å²) in [6.45, 7) is 2.55. The van der Waals surface area contributed by atoms with Gasteiger partial charge in [-0.05, 0) is 62.7 Å². The van der Waals surface area contributed by atoms with Crippen molar-refractivity contribution in [1.29, 1.82) is 0 Å². The van der Waals surface area contributed by atoms with Crippen LogP contribution in [0.5, 0.6) is 0 Å². The summed E-state index contributed by atoms with van der Waals surface area (Å²) < 4.78 is 13.0. The molecule has 7 heteroatoms. The Labute approximate surface area is 147 Å². The Morgan fingerprint density at radius 1 is 1.33 bits per heavy atom. The molecule has 5 nitrogen and oxygen atoms in total. The molecule has 1 aromatic carbocycles. The van der Waals surface area contributed by atoms with Crippen LogP contribution in [0.25, 0.3) is 11.3 Å². The number of amides is 1. The van der Waals surface area contributed by atoms with Crippen molar-refractivity contribution in [3.05, 3.63) is 41.8 Å². The van der Waals surface area contributed by atoms with Crippen LogP contribution in [0, 0.1) is 11.7 Å².